The fraction of sp³-hybridized carbons (Fsp3) is 0.238. The zero-order valence-electron chi connectivity index (χ0n) is 14.5. The number of para-hydroxylation sites is 1. The number of aromatic nitrogens is 2. The first-order valence-electron chi connectivity index (χ1n) is 8.33. The third kappa shape index (κ3) is 2.20. The van der Waals surface area contributed by atoms with Crippen LogP contribution in [0.2, 0.25) is 0 Å². The van der Waals surface area contributed by atoms with Gasteiger partial charge in [-0.25, -0.2) is 4.57 Å². The number of fused-ring (bicyclic) bond motifs is 3. The van der Waals surface area contributed by atoms with Crippen molar-refractivity contribution in [1.82, 2.24) is 4.98 Å². The molecule has 0 unspecified atom stereocenters. The maximum absolute atomic E-state index is 6.20. The summed E-state index contributed by atoms with van der Waals surface area (Å²) in [6.07, 6.45) is 4.11. The van der Waals surface area contributed by atoms with Gasteiger partial charge in [-0.05, 0) is 25.0 Å². The van der Waals surface area contributed by atoms with E-state index in [0.717, 1.165) is 38.9 Å². The minimum Gasteiger partial charge on any atom is -0.455 e. The Labute approximate surface area is 141 Å². The molecule has 0 bridgehead atoms. The summed E-state index contributed by atoms with van der Waals surface area (Å²) in [5.41, 5.74) is 6.31. The summed E-state index contributed by atoms with van der Waals surface area (Å²) in [6, 6.07) is 12.5. The Morgan fingerprint density at radius 1 is 1.04 bits per heavy atom. The third-order valence-corrected chi connectivity index (χ3v) is 4.69. The maximum Gasteiger partial charge on any atom is 0.217 e. The first kappa shape index (κ1) is 14.9. The Morgan fingerprint density at radius 2 is 1.83 bits per heavy atom. The summed E-state index contributed by atoms with van der Waals surface area (Å²) in [7, 11) is 2.09. The van der Waals surface area contributed by atoms with Gasteiger partial charge in [-0.1, -0.05) is 32.0 Å². The molecule has 0 N–H and O–H groups in total. The first-order valence-corrected chi connectivity index (χ1v) is 8.33. The normalized spacial score (nSPS) is 11.7. The predicted molar refractivity (Wildman–Crippen MR) is 97.0 cm³/mol. The van der Waals surface area contributed by atoms with E-state index in [0.29, 0.717) is 5.92 Å². The molecule has 0 amide bonds. The number of hydrogen-bond donors (Lipinski definition) is 0. The van der Waals surface area contributed by atoms with Gasteiger partial charge in [0.2, 0.25) is 5.69 Å². The Balaban J connectivity index is 2.04. The van der Waals surface area contributed by atoms with Gasteiger partial charge in [-0.3, -0.25) is 4.98 Å². The van der Waals surface area contributed by atoms with Crippen LogP contribution >= 0.6 is 0 Å². The summed E-state index contributed by atoms with van der Waals surface area (Å²) in [6.45, 7) is 6.46. The fourth-order valence-electron chi connectivity index (χ4n) is 3.30. The minimum absolute atomic E-state index is 0.506. The number of benzene rings is 1. The highest BCUT2D eigenvalue weighted by atomic mass is 16.3. The van der Waals surface area contributed by atoms with Crippen LogP contribution in [0.1, 0.15) is 31.0 Å². The highest BCUT2D eigenvalue weighted by Crippen LogP contribution is 2.35. The van der Waals surface area contributed by atoms with Gasteiger partial charge in [0, 0.05) is 28.6 Å². The Bertz CT molecular complexity index is 1060. The van der Waals surface area contributed by atoms with Crippen molar-refractivity contribution in [2.24, 2.45) is 7.05 Å². The molecule has 4 aromatic rings. The maximum atomic E-state index is 6.20. The van der Waals surface area contributed by atoms with Crippen molar-refractivity contribution in [3.8, 4) is 11.3 Å². The highest BCUT2D eigenvalue weighted by molar-refractivity contribution is 6.08. The van der Waals surface area contributed by atoms with Gasteiger partial charge >= 0.3 is 0 Å². The first-order chi connectivity index (χ1) is 11.6. The highest BCUT2D eigenvalue weighted by Gasteiger charge is 2.21. The Kier molecular flexibility index (Phi) is 3.38. The van der Waals surface area contributed by atoms with Crippen molar-refractivity contribution in [3.05, 3.63) is 60.0 Å². The van der Waals surface area contributed by atoms with Gasteiger partial charge in [0.25, 0.3) is 0 Å². The quantitative estimate of drug-likeness (QED) is 0.492. The second-order valence-corrected chi connectivity index (χ2v) is 6.67. The lowest BCUT2D eigenvalue weighted by molar-refractivity contribution is -0.660. The van der Waals surface area contributed by atoms with Gasteiger partial charge in [0.1, 0.15) is 18.2 Å². The topological polar surface area (TPSA) is 29.9 Å². The van der Waals surface area contributed by atoms with Crippen LogP contribution in [0.3, 0.4) is 0 Å². The minimum atomic E-state index is 0.506. The zero-order valence-corrected chi connectivity index (χ0v) is 14.5. The van der Waals surface area contributed by atoms with Crippen LogP contribution in [0.15, 0.2) is 53.2 Å². The predicted octanol–water partition coefficient (Wildman–Crippen LogP) is 4.90. The molecule has 3 aromatic heterocycles. The van der Waals surface area contributed by atoms with Gasteiger partial charge in [-0.15, -0.1) is 0 Å². The van der Waals surface area contributed by atoms with Gasteiger partial charge < -0.3 is 4.42 Å². The standard InChI is InChI=1S/C21H21N2O/c1-13(2)15-9-10-18(23(4)12-15)20-14(3)22-11-17-16-7-5-6-8-19(16)24-21(17)20/h5-13H,1-4H3/q+1. The van der Waals surface area contributed by atoms with E-state index in [-0.39, 0.29) is 0 Å². The van der Waals surface area contributed by atoms with E-state index in [2.05, 4.69) is 54.8 Å². The molecule has 0 atom stereocenters. The van der Waals surface area contributed by atoms with Crippen molar-refractivity contribution >= 4 is 21.9 Å². The van der Waals surface area contributed by atoms with Crippen molar-refractivity contribution in [2.45, 2.75) is 26.7 Å². The molecule has 3 heteroatoms. The van der Waals surface area contributed by atoms with Crippen LogP contribution in [-0.4, -0.2) is 4.98 Å². The molecule has 3 nitrogen and oxygen atoms in total. The number of aryl methyl sites for hydroxylation is 2. The zero-order chi connectivity index (χ0) is 16.8. The lowest BCUT2D eigenvalue weighted by Crippen LogP contribution is -2.31. The molecule has 120 valence electrons. The summed E-state index contributed by atoms with van der Waals surface area (Å²) in [5.74, 6) is 0.506. The third-order valence-electron chi connectivity index (χ3n) is 4.69. The van der Waals surface area contributed by atoms with Crippen LogP contribution in [0, 0.1) is 6.92 Å². The fourth-order valence-corrected chi connectivity index (χ4v) is 3.30. The Hall–Kier alpha value is -2.68. The van der Waals surface area contributed by atoms with Crippen LogP contribution in [0.4, 0.5) is 0 Å². The van der Waals surface area contributed by atoms with Crippen molar-refractivity contribution < 1.29 is 8.98 Å². The van der Waals surface area contributed by atoms with E-state index in [9.17, 15) is 0 Å². The summed E-state index contributed by atoms with van der Waals surface area (Å²) in [4.78, 5) is 4.63. The molecule has 4 rings (SSSR count). The molecule has 1 aromatic carbocycles. The van der Waals surface area contributed by atoms with E-state index in [1.165, 1.54) is 5.56 Å². The largest absolute Gasteiger partial charge is 0.455 e. The molecule has 0 fully saturated rings. The molecule has 0 saturated carbocycles. The monoisotopic (exact) mass is 317 g/mol. The van der Waals surface area contributed by atoms with E-state index >= 15 is 0 Å². The van der Waals surface area contributed by atoms with Crippen LogP contribution in [-0.2, 0) is 7.05 Å². The number of rotatable bonds is 2. The summed E-state index contributed by atoms with van der Waals surface area (Å²) in [5, 5.41) is 2.18. The summed E-state index contributed by atoms with van der Waals surface area (Å²) < 4.78 is 8.37. The van der Waals surface area contributed by atoms with Gasteiger partial charge in [-0.2, -0.15) is 0 Å². The molecule has 24 heavy (non-hydrogen) atoms. The van der Waals surface area contributed by atoms with Crippen molar-refractivity contribution in [2.75, 3.05) is 0 Å². The molecule has 0 aliphatic carbocycles. The average Bonchev–Trinajstić information content (AvgIpc) is 2.94. The van der Waals surface area contributed by atoms with E-state index in [4.69, 9.17) is 4.42 Å². The van der Waals surface area contributed by atoms with E-state index < -0.39 is 0 Å². The SMILES string of the molecule is Cc1ncc2c(oc3ccccc32)c1-c1ccc(C(C)C)c[n+]1C. The van der Waals surface area contributed by atoms with Gasteiger partial charge in [0.05, 0.1) is 5.69 Å². The molecular weight excluding hydrogens is 296 g/mol. The number of hydrogen-bond acceptors (Lipinski definition) is 2. The Morgan fingerprint density at radius 3 is 2.58 bits per heavy atom. The van der Waals surface area contributed by atoms with Crippen LogP contribution < -0.4 is 4.57 Å². The lowest BCUT2D eigenvalue weighted by atomic mass is 10.0. The molecule has 0 aliphatic rings. The number of nitrogens with zero attached hydrogens (tertiary/aromatic N) is 2. The molecule has 0 spiro atoms. The van der Waals surface area contributed by atoms with E-state index in [1.807, 2.05) is 31.3 Å². The van der Waals surface area contributed by atoms with E-state index in [1.54, 1.807) is 0 Å². The molecule has 0 aliphatic heterocycles. The average molecular weight is 317 g/mol. The van der Waals surface area contributed by atoms with Gasteiger partial charge in [0.15, 0.2) is 11.8 Å². The second-order valence-electron chi connectivity index (χ2n) is 6.67. The molecular formula is C21H21N2O+. The van der Waals surface area contributed by atoms with Crippen LogP contribution in [0.5, 0.6) is 0 Å². The lowest BCUT2D eigenvalue weighted by Gasteiger charge is -2.08. The van der Waals surface area contributed by atoms with Crippen LogP contribution in [0.25, 0.3) is 33.2 Å². The molecule has 0 saturated heterocycles. The molecule has 0 radical (unpaired) electrons. The second kappa shape index (κ2) is 5.45. The molecule has 3 heterocycles. The van der Waals surface area contributed by atoms with Crippen molar-refractivity contribution in [3.63, 3.8) is 0 Å². The summed E-state index contributed by atoms with van der Waals surface area (Å²) >= 11 is 0. The van der Waals surface area contributed by atoms with Crippen molar-refractivity contribution in [1.29, 1.82) is 0 Å². The number of furan rings is 1. The number of pyridine rings is 2. The smallest absolute Gasteiger partial charge is 0.217 e.